The molecule has 2 aromatic rings. The molecule has 2 N–H and O–H groups in total. The molecule has 0 aliphatic rings. The molecule has 6 heteroatoms. The molecule has 0 spiro atoms. The molecule has 0 saturated heterocycles. The van der Waals surface area contributed by atoms with E-state index in [4.69, 9.17) is 9.47 Å². The van der Waals surface area contributed by atoms with E-state index in [9.17, 15) is 9.59 Å². The molecule has 27 heavy (non-hydrogen) atoms. The van der Waals surface area contributed by atoms with E-state index in [0.717, 1.165) is 16.9 Å². The molecule has 0 aliphatic carbocycles. The topological polar surface area (TPSA) is 76.7 Å². The van der Waals surface area contributed by atoms with Crippen molar-refractivity contribution in [3.05, 3.63) is 71.8 Å². The maximum absolute atomic E-state index is 11.8. The molecular formula is C21H24N2O4. The largest absolute Gasteiger partial charge is 0.489 e. The molecule has 0 unspecified atom stereocenters. The molecule has 0 aromatic heterocycles. The summed E-state index contributed by atoms with van der Waals surface area (Å²) in [5.74, 6) is 0.497. The fourth-order valence-electron chi connectivity index (χ4n) is 2.21. The van der Waals surface area contributed by atoms with Crippen LogP contribution >= 0.6 is 0 Å². The first-order valence-electron chi connectivity index (χ1n) is 8.80. The van der Waals surface area contributed by atoms with Crippen LogP contribution in [-0.2, 0) is 16.1 Å². The minimum absolute atomic E-state index is 0.240. The van der Waals surface area contributed by atoms with Crippen LogP contribution in [0.15, 0.2) is 60.7 Å². The Morgan fingerprint density at radius 2 is 1.78 bits per heavy atom. The Kier molecular flexibility index (Phi) is 8.43. The van der Waals surface area contributed by atoms with Crippen molar-refractivity contribution in [3.63, 3.8) is 0 Å². The second kappa shape index (κ2) is 11.4. The van der Waals surface area contributed by atoms with E-state index in [1.165, 1.54) is 6.08 Å². The molecule has 0 saturated carbocycles. The summed E-state index contributed by atoms with van der Waals surface area (Å²) >= 11 is 0. The molecule has 2 amide bonds. The minimum Gasteiger partial charge on any atom is -0.489 e. The smallest absolute Gasteiger partial charge is 0.407 e. The van der Waals surface area contributed by atoms with Gasteiger partial charge in [0, 0.05) is 19.2 Å². The Morgan fingerprint density at radius 1 is 1.00 bits per heavy atom. The summed E-state index contributed by atoms with van der Waals surface area (Å²) in [6.07, 6.45) is 2.67. The van der Waals surface area contributed by atoms with Crippen molar-refractivity contribution in [2.24, 2.45) is 0 Å². The fourth-order valence-corrected chi connectivity index (χ4v) is 2.21. The highest BCUT2D eigenvalue weighted by Gasteiger charge is 2.00. The first kappa shape index (κ1) is 20.0. The number of hydrogen-bond donors (Lipinski definition) is 2. The highest BCUT2D eigenvalue weighted by Crippen LogP contribution is 2.16. The summed E-state index contributed by atoms with van der Waals surface area (Å²) in [5.41, 5.74) is 1.95. The van der Waals surface area contributed by atoms with Crippen LogP contribution in [0.25, 0.3) is 6.08 Å². The molecule has 0 atom stereocenters. The molecule has 0 fully saturated rings. The monoisotopic (exact) mass is 368 g/mol. The highest BCUT2D eigenvalue weighted by molar-refractivity contribution is 5.91. The van der Waals surface area contributed by atoms with Gasteiger partial charge < -0.3 is 20.1 Å². The number of hydrogen-bond acceptors (Lipinski definition) is 4. The Morgan fingerprint density at radius 3 is 2.56 bits per heavy atom. The third-order valence-electron chi connectivity index (χ3n) is 3.50. The van der Waals surface area contributed by atoms with E-state index in [0.29, 0.717) is 26.3 Å². The Labute approximate surface area is 159 Å². The number of amides is 2. The number of carbonyl (C=O) groups is 2. The van der Waals surface area contributed by atoms with Crippen LogP contribution in [0.3, 0.4) is 0 Å². The van der Waals surface area contributed by atoms with Gasteiger partial charge in [-0.15, -0.1) is 0 Å². The molecule has 0 heterocycles. The van der Waals surface area contributed by atoms with E-state index >= 15 is 0 Å². The van der Waals surface area contributed by atoms with Gasteiger partial charge in [-0.05, 0) is 36.3 Å². The molecule has 2 aromatic carbocycles. The van der Waals surface area contributed by atoms with Gasteiger partial charge in [0.1, 0.15) is 12.4 Å². The van der Waals surface area contributed by atoms with E-state index in [1.54, 1.807) is 13.0 Å². The van der Waals surface area contributed by atoms with Crippen LogP contribution in [0.4, 0.5) is 4.79 Å². The van der Waals surface area contributed by atoms with Crippen molar-refractivity contribution in [3.8, 4) is 5.75 Å². The van der Waals surface area contributed by atoms with Crippen molar-refractivity contribution in [2.45, 2.75) is 13.5 Å². The standard InChI is InChI=1S/C21H24N2O4/c1-2-26-21(25)23-14-13-22-20(24)12-11-17-9-6-10-19(15-17)27-16-18-7-4-3-5-8-18/h3-12,15H,2,13-14,16H2,1H3,(H,22,24)(H,23,25)/b12-11+. The molecule has 0 radical (unpaired) electrons. The molecule has 2 rings (SSSR count). The van der Waals surface area contributed by atoms with E-state index in [1.807, 2.05) is 54.6 Å². The summed E-state index contributed by atoms with van der Waals surface area (Å²) in [4.78, 5) is 22.9. The summed E-state index contributed by atoms with van der Waals surface area (Å²) in [7, 11) is 0. The summed E-state index contributed by atoms with van der Waals surface area (Å²) in [6.45, 7) is 3.16. The Hall–Kier alpha value is -3.28. The molecule has 6 nitrogen and oxygen atoms in total. The zero-order chi connectivity index (χ0) is 19.3. The van der Waals surface area contributed by atoms with Gasteiger partial charge in [-0.2, -0.15) is 0 Å². The Bertz CT molecular complexity index is 760. The van der Waals surface area contributed by atoms with Crippen LogP contribution in [0.1, 0.15) is 18.1 Å². The molecular weight excluding hydrogens is 344 g/mol. The van der Waals surface area contributed by atoms with Crippen LogP contribution in [0.5, 0.6) is 5.75 Å². The van der Waals surface area contributed by atoms with Gasteiger partial charge in [0.05, 0.1) is 6.61 Å². The van der Waals surface area contributed by atoms with Crippen molar-refractivity contribution in [1.29, 1.82) is 0 Å². The van der Waals surface area contributed by atoms with Gasteiger partial charge in [0.15, 0.2) is 0 Å². The van der Waals surface area contributed by atoms with Gasteiger partial charge in [0.2, 0.25) is 5.91 Å². The van der Waals surface area contributed by atoms with Gasteiger partial charge in [-0.25, -0.2) is 4.79 Å². The summed E-state index contributed by atoms with van der Waals surface area (Å²) in [6, 6.07) is 17.4. The zero-order valence-electron chi connectivity index (χ0n) is 15.3. The SMILES string of the molecule is CCOC(=O)NCCNC(=O)/C=C/c1cccc(OCc2ccccc2)c1. The average Bonchev–Trinajstić information content (AvgIpc) is 2.69. The first-order chi connectivity index (χ1) is 13.2. The predicted octanol–water partition coefficient (Wildman–Crippen LogP) is 3.14. The number of alkyl carbamates (subject to hydrolysis) is 1. The lowest BCUT2D eigenvalue weighted by atomic mass is 10.2. The second-order valence-electron chi connectivity index (χ2n) is 5.62. The second-order valence-corrected chi connectivity index (χ2v) is 5.62. The third-order valence-corrected chi connectivity index (χ3v) is 3.50. The number of ether oxygens (including phenoxy) is 2. The predicted molar refractivity (Wildman–Crippen MR) is 104 cm³/mol. The maximum Gasteiger partial charge on any atom is 0.407 e. The van der Waals surface area contributed by atoms with Gasteiger partial charge in [-0.3, -0.25) is 4.79 Å². The lowest BCUT2D eigenvalue weighted by Crippen LogP contribution is -2.34. The summed E-state index contributed by atoms with van der Waals surface area (Å²) < 4.78 is 10.5. The Balaban J connectivity index is 1.75. The number of rotatable bonds is 9. The third kappa shape index (κ3) is 8.09. The van der Waals surface area contributed by atoms with Crippen LogP contribution in [0.2, 0.25) is 0 Å². The number of benzene rings is 2. The lowest BCUT2D eigenvalue weighted by Gasteiger charge is -2.07. The van der Waals surface area contributed by atoms with Crippen molar-refractivity contribution in [1.82, 2.24) is 10.6 Å². The maximum atomic E-state index is 11.8. The average molecular weight is 368 g/mol. The highest BCUT2D eigenvalue weighted by atomic mass is 16.5. The van der Waals surface area contributed by atoms with Crippen LogP contribution in [-0.4, -0.2) is 31.7 Å². The van der Waals surface area contributed by atoms with E-state index in [2.05, 4.69) is 10.6 Å². The molecule has 0 aliphatic heterocycles. The zero-order valence-corrected chi connectivity index (χ0v) is 15.3. The first-order valence-corrected chi connectivity index (χ1v) is 8.80. The quantitative estimate of drug-likeness (QED) is 0.527. The van der Waals surface area contributed by atoms with Gasteiger partial charge >= 0.3 is 6.09 Å². The fraction of sp³-hybridized carbons (Fsp3) is 0.238. The number of nitrogens with one attached hydrogen (secondary N) is 2. The van der Waals surface area contributed by atoms with Gasteiger partial charge in [-0.1, -0.05) is 42.5 Å². The molecule has 0 bridgehead atoms. The van der Waals surface area contributed by atoms with E-state index in [-0.39, 0.29) is 5.91 Å². The van der Waals surface area contributed by atoms with Crippen molar-refractivity contribution < 1.29 is 19.1 Å². The van der Waals surface area contributed by atoms with Crippen LogP contribution < -0.4 is 15.4 Å². The normalized spacial score (nSPS) is 10.4. The van der Waals surface area contributed by atoms with Crippen molar-refractivity contribution in [2.75, 3.05) is 19.7 Å². The minimum atomic E-state index is -0.491. The lowest BCUT2D eigenvalue weighted by molar-refractivity contribution is -0.116. The van der Waals surface area contributed by atoms with Gasteiger partial charge in [0.25, 0.3) is 0 Å². The number of carbonyl (C=O) groups excluding carboxylic acids is 2. The molecule has 142 valence electrons. The van der Waals surface area contributed by atoms with E-state index < -0.39 is 6.09 Å². The van der Waals surface area contributed by atoms with Crippen molar-refractivity contribution >= 4 is 18.1 Å². The van der Waals surface area contributed by atoms with Crippen LogP contribution in [0, 0.1) is 0 Å². The summed E-state index contributed by atoms with van der Waals surface area (Å²) in [5, 5.41) is 5.22.